The van der Waals surface area contributed by atoms with Gasteiger partial charge >= 0.3 is 5.97 Å². The molecule has 0 radical (unpaired) electrons. The smallest absolute Gasteiger partial charge is 0.328 e. The lowest BCUT2D eigenvalue weighted by molar-refractivity contribution is -0.131. The minimum atomic E-state index is -0.970. The Morgan fingerprint density at radius 3 is 2.75 bits per heavy atom. The van der Waals surface area contributed by atoms with E-state index in [0.717, 1.165) is 28.6 Å². The molecule has 4 nitrogen and oxygen atoms in total. The average Bonchev–Trinajstić information content (AvgIpc) is 2.65. The van der Waals surface area contributed by atoms with E-state index in [0.29, 0.717) is 11.6 Å². The molecule has 0 spiro atoms. The van der Waals surface area contributed by atoms with Gasteiger partial charge in [-0.15, -0.1) is 0 Å². The van der Waals surface area contributed by atoms with E-state index in [1.165, 1.54) is 0 Å². The molecule has 1 aromatic heterocycles. The van der Waals surface area contributed by atoms with Crippen LogP contribution in [0.15, 0.2) is 30.3 Å². The average molecular weight is 291 g/mol. The van der Waals surface area contributed by atoms with Crippen molar-refractivity contribution in [1.29, 1.82) is 0 Å². The standard InChI is InChI=1S/C15H15ClN2O2/c1-10-13(7-8-15(19)20)11(2)18(17-10)9-12-5-3-4-6-14(12)16/h3-8H,9H2,1-2H3,(H,19,20). The quantitative estimate of drug-likeness (QED) is 0.879. The number of rotatable bonds is 4. The molecule has 2 rings (SSSR count). The van der Waals surface area contributed by atoms with Gasteiger partial charge < -0.3 is 5.11 Å². The van der Waals surface area contributed by atoms with Crippen molar-refractivity contribution in [2.45, 2.75) is 20.4 Å². The maximum absolute atomic E-state index is 10.6. The summed E-state index contributed by atoms with van der Waals surface area (Å²) in [6.07, 6.45) is 2.69. The topological polar surface area (TPSA) is 55.1 Å². The second-order valence-electron chi connectivity index (χ2n) is 4.51. The minimum Gasteiger partial charge on any atom is -0.478 e. The molecule has 104 valence electrons. The normalized spacial score (nSPS) is 11.2. The van der Waals surface area contributed by atoms with Crippen LogP contribution in [0.4, 0.5) is 0 Å². The lowest BCUT2D eigenvalue weighted by Gasteiger charge is -2.06. The molecule has 1 N–H and O–H groups in total. The summed E-state index contributed by atoms with van der Waals surface area (Å²) >= 11 is 6.14. The van der Waals surface area contributed by atoms with Crippen LogP contribution >= 0.6 is 11.6 Å². The second kappa shape index (κ2) is 5.92. The highest BCUT2D eigenvalue weighted by molar-refractivity contribution is 6.31. The number of carbonyl (C=O) groups is 1. The highest BCUT2D eigenvalue weighted by Crippen LogP contribution is 2.20. The lowest BCUT2D eigenvalue weighted by Crippen LogP contribution is -2.04. The number of benzene rings is 1. The highest BCUT2D eigenvalue weighted by Gasteiger charge is 2.10. The van der Waals surface area contributed by atoms with E-state index in [1.54, 1.807) is 6.08 Å². The molecule has 0 bridgehead atoms. The van der Waals surface area contributed by atoms with Crippen molar-refractivity contribution in [3.05, 3.63) is 57.9 Å². The second-order valence-corrected chi connectivity index (χ2v) is 4.91. The number of nitrogens with zero attached hydrogens (tertiary/aromatic N) is 2. The zero-order valence-electron chi connectivity index (χ0n) is 11.3. The molecule has 1 aromatic carbocycles. The molecule has 0 amide bonds. The summed E-state index contributed by atoms with van der Waals surface area (Å²) in [6.45, 7) is 4.34. The number of aryl methyl sites for hydroxylation is 1. The van der Waals surface area contributed by atoms with Gasteiger partial charge in [0.05, 0.1) is 12.2 Å². The van der Waals surface area contributed by atoms with Crippen LogP contribution in [0.25, 0.3) is 6.08 Å². The van der Waals surface area contributed by atoms with Gasteiger partial charge in [-0.2, -0.15) is 5.10 Å². The van der Waals surface area contributed by atoms with E-state index in [1.807, 2.05) is 42.8 Å². The van der Waals surface area contributed by atoms with E-state index in [2.05, 4.69) is 5.10 Å². The largest absolute Gasteiger partial charge is 0.478 e. The van der Waals surface area contributed by atoms with Crippen molar-refractivity contribution in [3.8, 4) is 0 Å². The summed E-state index contributed by atoms with van der Waals surface area (Å²) in [5, 5.41) is 13.8. The Balaban J connectivity index is 2.33. The fourth-order valence-corrected chi connectivity index (χ4v) is 2.24. The molecule has 0 fully saturated rings. The van der Waals surface area contributed by atoms with Gasteiger partial charge in [-0.05, 0) is 31.6 Å². The third-order valence-corrected chi connectivity index (χ3v) is 3.48. The van der Waals surface area contributed by atoms with Gasteiger partial charge in [0.25, 0.3) is 0 Å². The summed E-state index contributed by atoms with van der Waals surface area (Å²) < 4.78 is 1.83. The Morgan fingerprint density at radius 2 is 2.10 bits per heavy atom. The molecule has 0 unspecified atom stereocenters. The van der Waals surface area contributed by atoms with Crippen LogP contribution in [0.1, 0.15) is 22.5 Å². The van der Waals surface area contributed by atoms with Crippen molar-refractivity contribution in [2.75, 3.05) is 0 Å². The van der Waals surface area contributed by atoms with Crippen molar-refractivity contribution < 1.29 is 9.90 Å². The predicted octanol–water partition coefficient (Wildman–Crippen LogP) is 3.30. The van der Waals surface area contributed by atoms with E-state index >= 15 is 0 Å². The number of halogens is 1. The molecule has 0 aliphatic carbocycles. The van der Waals surface area contributed by atoms with Crippen LogP contribution in [-0.4, -0.2) is 20.9 Å². The first-order valence-corrected chi connectivity index (χ1v) is 6.55. The van der Waals surface area contributed by atoms with E-state index in [4.69, 9.17) is 16.7 Å². The first kappa shape index (κ1) is 14.3. The predicted molar refractivity (Wildman–Crippen MR) is 78.9 cm³/mol. The molecular weight excluding hydrogens is 276 g/mol. The third-order valence-electron chi connectivity index (χ3n) is 3.11. The van der Waals surface area contributed by atoms with Gasteiger partial charge in [0.15, 0.2) is 0 Å². The molecule has 0 atom stereocenters. The highest BCUT2D eigenvalue weighted by atomic mass is 35.5. The summed E-state index contributed by atoms with van der Waals surface area (Å²) in [5.74, 6) is -0.970. The minimum absolute atomic E-state index is 0.563. The van der Waals surface area contributed by atoms with Crippen molar-refractivity contribution in [2.24, 2.45) is 0 Å². The molecule has 1 heterocycles. The van der Waals surface area contributed by atoms with Gasteiger partial charge in [-0.25, -0.2) is 4.79 Å². The third kappa shape index (κ3) is 3.08. The molecular formula is C15H15ClN2O2. The van der Waals surface area contributed by atoms with Crippen molar-refractivity contribution in [3.63, 3.8) is 0 Å². The van der Waals surface area contributed by atoms with Gasteiger partial charge in [-0.3, -0.25) is 4.68 Å². The van der Waals surface area contributed by atoms with Crippen LogP contribution in [0.3, 0.4) is 0 Å². The molecule has 0 aliphatic rings. The summed E-state index contributed by atoms with van der Waals surface area (Å²) in [5.41, 5.74) is 3.53. The first-order valence-electron chi connectivity index (χ1n) is 6.17. The lowest BCUT2D eigenvalue weighted by atomic mass is 10.2. The molecule has 20 heavy (non-hydrogen) atoms. The SMILES string of the molecule is Cc1nn(Cc2ccccc2Cl)c(C)c1C=CC(=O)O. The van der Waals surface area contributed by atoms with Crippen LogP contribution in [-0.2, 0) is 11.3 Å². The zero-order chi connectivity index (χ0) is 14.7. The number of aliphatic carboxylic acids is 1. The monoisotopic (exact) mass is 290 g/mol. The van der Waals surface area contributed by atoms with Crippen molar-refractivity contribution in [1.82, 2.24) is 9.78 Å². The molecule has 5 heteroatoms. The Hall–Kier alpha value is -2.07. The van der Waals surface area contributed by atoms with Crippen molar-refractivity contribution >= 4 is 23.6 Å². The van der Waals surface area contributed by atoms with E-state index < -0.39 is 5.97 Å². The number of carboxylic acid groups (broad SMARTS) is 1. The summed E-state index contributed by atoms with van der Waals surface area (Å²) in [7, 11) is 0. The van der Waals surface area contributed by atoms with E-state index in [9.17, 15) is 4.79 Å². The van der Waals surface area contributed by atoms with Crippen LogP contribution < -0.4 is 0 Å². The van der Waals surface area contributed by atoms with Gasteiger partial charge in [0.2, 0.25) is 0 Å². The fraction of sp³-hybridized carbons (Fsp3) is 0.200. The molecule has 0 aliphatic heterocycles. The fourth-order valence-electron chi connectivity index (χ4n) is 2.05. The summed E-state index contributed by atoms with van der Waals surface area (Å²) in [6, 6.07) is 7.60. The molecule has 2 aromatic rings. The van der Waals surface area contributed by atoms with Crippen LogP contribution in [0, 0.1) is 13.8 Å². The number of carboxylic acids is 1. The number of aromatic nitrogens is 2. The van der Waals surface area contributed by atoms with Gasteiger partial charge in [0.1, 0.15) is 0 Å². The van der Waals surface area contributed by atoms with Gasteiger partial charge in [-0.1, -0.05) is 29.8 Å². The Bertz CT molecular complexity index is 675. The zero-order valence-corrected chi connectivity index (χ0v) is 12.1. The van der Waals surface area contributed by atoms with Gasteiger partial charge in [0, 0.05) is 22.4 Å². The Kier molecular flexibility index (Phi) is 4.25. The number of hydrogen-bond acceptors (Lipinski definition) is 2. The van der Waals surface area contributed by atoms with Crippen LogP contribution in [0.5, 0.6) is 0 Å². The number of hydrogen-bond donors (Lipinski definition) is 1. The van der Waals surface area contributed by atoms with E-state index in [-0.39, 0.29) is 0 Å². The Morgan fingerprint density at radius 1 is 1.40 bits per heavy atom. The summed E-state index contributed by atoms with van der Waals surface area (Å²) in [4.78, 5) is 10.6. The Labute approximate surface area is 122 Å². The molecule has 0 saturated carbocycles. The van der Waals surface area contributed by atoms with Crippen LogP contribution in [0.2, 0.25) is 5.02 Å². The maximum Gasteiger partial charge on any atom is 0.328 e. The molecule has 0 saturated heterocycles. The maximum atomic E-state index is 10.6. The first-order chi connectivity index (χ1) is 9.49.